The summed E-state index contributed by atoms with van der Waals surface area (Å²) < 4.78 is 40.1. The van der Waals surface area contributed by atoms with Crippen molar-refractivity contribution < 1.29 is 22.8 Å². The smallest absolute Gasteiger partial charge is 0.366 e. The van der Waals surface area contributed by atoms with E-state index < -0.39 is 23.6 Å². The molecular weight excluding hydrogens is 385 g/mol. The van der Waals surface area contributed by atoms with Gasteiger partial charge in [-0.05, 0) is 42.8 Å². The maximum absolute atomic E-state index is 12.9. The molecule has 3 rings (SSSR count). The first kappa shape index (κ1) is 20.1. The highest BCUT2D eigenvalue weighted by atomic mass is 19.4. The number of rotatable bonds is 5. The Morgan fingerprint density at radius 2 is 1.86 bits per heavy atom. The predicted molar refractivity (Wildman–Crippen MR) is 99.4 cm³/mol. The summed E-state index contributed by atoms with van der Waals surface area (Å²) in [5, 5.41) is 6.75. The number of nitrogens with zero attached hydrogens (tertiary/aromatic N) is 2. The van der Waals surface area contributed by atoms with E-state index in [4.69, 9.17) is 5.73 Å². The summed E-state index contributed by atoms with van der Waals surface area (Å²) in [4.78, 5) is 23.7. The van der Waals surface area contributed by atoms with E-state index in [0.29, 0.717) is 16.8 Å². The van der Waals surface area contributed by atoms with Gasteiger partial charge in [-0.1, -0.05) is 18.2 Å². The van der Waals surface area contributed by atoms with Crippen molar-refractivity contribution in [3.8, 4) is 5.69 Å². The SMILES string of the molecule is Cc1c(C(=O)NCc2cccc(C(N)=O)c2)cnn1-c1cccc(C(F)(F)F)c1. The molecule has 3 N–H and O–H groups in total. The molecule has 0 aliphatic carbocycles. The molecular formula is C20H17F3N4O2. The van der Waals surface area contributed by atoms with E-state index in [1.807, 2.05) is 0 Å². The van der Waals surface area contributed by atoms with Crippen LogP contribution in [-0.2, 0) is 12.7 Å². The van der Waals surface area contributed by atoms with Gasteiger partial charge in [-0.2, -0.15) is 18.3 Å². The summed E-state index contributed by atoms with van der Waals surface area (Å²) in [6, 6.07) is 11.2. The van der Waals surface area contributed by atoms with Crippen LogP contribution in [-0.4, -0.2) is 21.6 Å². The number of halogens is 3. The third-order valence-corrected chi connectivity index (χ3v) is 4.34. The van der Waals surface area contributed by atoms with Crippen molar-refractivity contribution in [1.29, 1.82) is 0 Å². The Bertz CT molecular complexity index is 1070. The number of hydrogen-bond donors (Lipinski definition) is 2. The zero-order valence-electron chi connectivity index (χ0n) is 15.3. The number of nitrogens with two attached hydrogens (primary N) is 1. The van der Waals surface area contributed by atoms with Crippen molar-refractivity contribution in [2.24, 2.45) is 5.73 Å². The van der Waals surface area contributed by atoms with Crippen LogP contribution in [0, 0.1) is 6.92 Å². The van der Waals surface area contributed by atoms with Crippen LogP contribution in [0.4, 0.5) is 13.2 Å². The minimum Gasteiger partial charge on any atom is -0.366 e. The van der Waals surface area contributed by atoms with E-state index in [0.717, 1.165) is 12.1 Å². The van der Waals surface area contributed by atoms with E-state index in [2.05, 4.69) is 10.4 Å². The quantitative estimate of drug-likeness (QED) is 0.687. The van der Waals surface area contributed by atoms with E-state index in [-0.39, 0.29) is 17.8 Å². The minimum absolute atomic E-state index is 0.147. The van der Waals surface area contributed by atoms with Crippen molar-refractivity contribution >= 4 is 11.8 Å². The molecule has 0 saturated carbocycles. The number of benzene rings is 2. The fourth-order valence-electron chi connectivity index (χ4n) is 2.82. The predicted octanol–water partition coefficient (Wildman–Crippen LogP) is 3.23. The summed E-state index contributed by atoms with van der Waals surface area (Å²) in [6.07, 6.45) is -3.18. The molecule has 0 aliphatic rings. The molecule has 6 nitrogen and oxygen atoms in total. The zero-order valence-corrected chi connectivity index (χ0v) is 15.3. The Morgan fingerprint density at radius 1 is 1.14 bits per heavy atom. The Balaban J connectivity index is 1.78. The first-order valence-corrected chi connectivity index (χ1v) is 8.56. The second kappa shape index (κ2) is 7.78. The van der Waals surface area contributed by atoms with Gasteiger partial charge in [-0.15, -0.1) is 0 Å². The average Bonchev–Trinajstić information content (AvgIpc) is 3.07. The first-order valence-electron chi connectivity index (χ1n) is 8.56. The third kappa shape index (κ3) is 4.45. The van der Waals surface area contributed by atoms with Gasteiger partial charge in [0.1, 0.15) is 0 Å². The molecule has 0 spiro atoms. The Morgan fingerprint density at radius 3 is 2.55 bits per heavy atom. The van der Waals surface area contributed by atoms with Gasteiger partial charge in [-0.25, -0.2) is 4.68 Å². The third-order valence-electron chi connectivity index (χ3n) is 4.34. The van der Waals surface area contributed by atoms with E-state index in [1.54, 1.807) is 31.2 Å². The molecule has 2 aromatic carbocycles. The van der Waals surface area contributed by atoms with Gasteiger partial charge in [0.05, 0.1) is 28.7 Å². The number of carbonyl (C=O) groups excluding carboxylic acids is 2. The van der Waals surface area contributed by atoms with Gasteiger partial charge < -0.3 is 11.1 Å². The first-order chi connectivity index (χ1) is 13.7. The van der Waals surface area contributed by atoms with E-state index >= 15 is 0 Å². The van der Waals surface area contributed by atoms with Crippen LogP contribution in [0.2, 0.25) is 0 Å². The molecule has 1 heterocycles. The number of primary amides is 1. The van der Waals surface area contributed by atoms with Crippen molar-refractivity contribution in [3.63, 3.8) is 0 Å². The fourth-order valence-corrected chi connectivity index (χ4v) is 2.82. The normalized spacial score (nSPS) is 11.3. The van der Waals surface area contributed by atoms with Crippen molar-refractivity contribution in [2.45, 2.75) is 19.6 Å². The maximum Gasteiger partial charge on any atom is 0.416 e. The molecule has 0 saturated heterocycles. The highest BCUT2D eigenvalue weighted by molar-refractivity contribution is 5.95. The second-order valence-corrected chi connectivity index (χ2v) is 6.35. The average molecular weight is 402 g/mol. The van der Waals surface area contributed by atoms with Crippen LogP contribution in [0.5, 0.6) is 0 Å². The highest BCUT2D eigenvalue weighted by Crippen LogP contribution is 2.30. The van der Waals surface area contributed by atoms with Gasteiger partial charge in [0.15, 0.2) is 0 Å². The summed E-state index contributed by atoms with van der Waals surface area (Å²) in [7, 11) is 0. The Labute approximate surface area is 164 Å². The lowest BCUT2D eigenvalue weighted by Gasteiger charge is -2.10. The molecule has 0 radical (unpaired) electrons. The fraction of sp³-hybridized carbons (Fsp3) is 0.150. The molecule has 29 heavy (non-hydrogen) atoms. The molecule has 1 aromatic heterocycles. The van der Waals surface area contributed by atoms with Crippen molar-refractivity contribution in [1.82, 2.24) is 15.1 Å². The van der Waals surface area contributed by atoms with Crippen molar-refractivity contribution in [2.75, 3.05) is 0 Å². The summed E-state index contributed by atoms with van der Waals surface area (Å²) in [6.45, 7) is 1.74. The van der Waals surface area contributed by atoms with Gasteiger partial charge in [0.25, 0.3) is 5.91 Å². The number of carbonyl (C=O) groups is 2. The number of hydrogen-bond acceptors (Lipinski definition) is 3. The van der Waals surface area contributed by atoms with Crippen LogP contribution in [0.15, 0.2) is 54.7 Å². The van der Waals surface area contributed by atoms with Crippen molar-refractivity contribution in [3.05, 3.63) is 82.7 Å². The molecule has 150 valence electrons. The standard InChI is InChI=1S/C20H17F3N4O2/c1-12-17(19(29)25-10-13-4-2-5-14(8-13)18(24)28)11-26-27(12)16-7-3-6-15(9-16)20(21,22)23/h2-9,11H,10H2,1H3,(H2,24,28)(H,25,29). The molecule has 0 unspecified atom stereocenters. The van der Waals surface area contributed by atoms with Crippen LogP contribution >= 0.6 is 0 Å². The lowest BCUT2D eigenvalue weighted by Crippen LogP contribution is -2.23. The van der Waals surface area contributed by atoms with Gasteiger partial charge in [0.2, 0.25) is 5.91 Å². The zero-order chi connectivity index (χ0) is 21.2. The minimum atomic E-state index is -4.48. The number of nitrogens with one attached hydrogen (secondary N) is 1. The Kier molecular flexibility index (Phi) is 5.40. The molecule has 0 aliphatic heterocycles. The van der Waals surface area contributed by atoms with Crippen LogP contribution in [0.25, 0.3) is 5.69 Å². The molecule has 2 amide bonds. The topological polar surface area (TPSA) is 90.0 Å². The lowest BCUT2D eigenvalue weighted by molar-refractivity contribution is -0.137. The van der Waals surface area contributed by atoms with E-state index in [1.165, 1.54) is 23.0 Å². The van der Waals surface area contributed by atoms with Crippen LogP contribution in [0.1, 0.15) is 37.5 Å². The number of amides is 2. The molecule has 9 heteroatoms. The van der Waals surface area contributed by atoms with Gasteiger partial charge >= 0.3 is 6.18 Å². The summed E-state index contributed by atoms with van der Waals surface area (Å²) in [5.41, 5.74) is 6.26. The molecule has 0 fully saturated rings. The van der Waals surface area contributed by atoms with Gasteiger partial charge in [0, 0.05) is 12.1 Å². The lowest BCUT2D eigenvalue weighted by atomic mass is 10.1. The largest absolute Gasteiger partial charge is 0.416 e. The number of aromatic nitrogens is 2. The van der Waals surface area contributed by atoms with E-state index in [9.17, 15) is 22.8 Å². The molecule has 3 aromatic rings. The summed E-state index contributed by atoms with van der Waals surface area (Å²) in [5.74, 6) is -1.01. The highest BCUT2D eigenvalue weighted by Gasteiger charge is 2.30. The van der Waals surface area contributed by atoms with Crippen LogP contribution < -0.4 is 11.1 Å². The monoisotopic (exact) mass is 402 g/mol. The van der Waals surface area contributed by atoms with Gasteiger partial charge in [-0.3, -0.25) is 9.59 Å². The molecule has 0 bridgehead atoms. The summed E-state index contributed by atoms with van der Waals surface area (Å²) >= 11 is 0. The Hall–Kier alpha value is -3.62. The maximum atomic E-state index is 12.9. The molecule has 0 atom stereocenters. The van der Waals surface area contributed by atoms with Crippen LogP contribution in [0.3, 0.4) is 0 Å². The second-order valence-electron chi connectivity index (χ2n) is 6.35. The number of alkyl halides is 3.